The van der Waals surface area contributed by atoms with Crippen LogP contribution in [0.5, 0.6) is 0 Å². The van der Waals surface area contributed by atoms with Crippen LogP contribution in [-0.4, -0.2) is 67.3 Å². The maximum Gasteiger partial charge on any atom is 0.411 e. The van der Waals surface area contributed by atoms with Crippen molar-refractivity contribution in [3.63, 3.8) is 0 Å². The summed E-state index contributed by atoms with van der Waals surface area (Å²) in [6, 6.07) is 21.4. The Morgan fingerprint density at radius 1 is 0.976 bits per heavy atom. The first-order chi connectivity index (χ1) is 20.2. The standard InChI is InChI=1S/C33H34ClN3O5/c1-37(2)28-17-23(18-29(37)32-31(28)42-32)41-33(40)36-27-16-20(11-13-24(27)22-8-4-3-5-9-22)7-6-10-30(39)35-26-14-12-21(19-38)15-25(26)34/h3-5,8-9,11-16,19,23,28-29,31-32H,6-7,10,17-18H2,1-2H3,(H-,35,36,38,39,40)/p+1/t23?,28-,29+,31-,32+. The van der Waals surface area contributed by atoms with Crippen LogP contribution in [0.25, 0.3) is 11.1 Å². The lowest BCUT2D eigenvalue weighted by molar-refractivity contribution is -0.938. The van der Waals surface area contributed by atoms with Gasteiger partial charge in [-0.25, -0.2) is 4.79 Å². The first kappa shape index (κ1) is 28.4. The zero-order valence-corrected chi connectivity index (χ0v) is 24.5. The molecule has 0 radical (unpaired) electrons. The number of benzene rings is 3. The summed E-state index contributed by atoms with van der Waals surface area (Å²) in [5.41, 5.74) is 4.49. The smallest absolute Gasteiger partial charge is 0.411 e. The molecule has 2 amide bonds. The number of aldehydes is 1. The summed E-state index contributed by atoms with van der Waals surface area (Å²) in [6.07, 6.45) is 3.87. The molecule has 2 bridgehead atoms. The van der Waals surface area contributed by atoms with E-state index in [1.165, 1.54) is 6.07 Å². The van der Waals surface area contributed by atoms with Crippen LogP contribution in [0.3, 0.4) is 0 Å². The molecule has 3 saturated heterocycles. The van der Waals surface area contributed by atoms with Gasteiger partial charge in [-0.3, -0.25) is 14.9 Å². The number of hydrogen-bond acceptors (Lipinski definition) is 5. The Labute approximate surface area is 250 Å². The Morgan fingerprint density at radius 3 is 2.40 bits per heavy atom. The summed E-state index contributed by atoms with van der Waals surface area (Å²) in [5.74, 6) is -0.162. The summed E-state index contributed by atoms with van der Waals surface area (Å²) in [7, 11) is 4.51. The van der Waals surface area contributed by atoms with Gasteiger partial charge in [-0.05, 0) is 48.2 Å². The maximum atomic E-state index is 13.2. The number of quaternary nitrogens is 1. The minimum atomic E-state index is -0.451. The fourth-order valence-corrected chi connectivity index (χ4v) is 6.92. The normalized spacial score (nSPS) is 24.8. The molecule has 3 fully saturated rings. The van der Waals surface area contributed by atoms with E-state index in [-0.39, 0.29) is 12.0 Å². The third kappa shape index (κ3) is 5.79. The topological polar surface area (TPSA) is 97.0 Å². The zero-order chi connectivity index (χ0) is 29.4. The van der Waals surface area contributed by atoms with Gasteiger partial charge in [0.2, 0.25) is 5.91 Å². The number of piperidine rings is 1. The number of ether oxygens (including phenoxy) is 2. The number of fused-ring (bicyclic) bond motifs is 5. The van der Waals surface area contributed by atoms with Crippen molar-refractivity contribution in [2.24, 2.45) is 0 Å². The minimum Gasteiger partial charge on any atom is -0.445 e. The van der Waals surface area contributed by atoms with Crippen LogP contribution in [0.1, 0.15) is 41.6 Å². The highest BCUT2D eigenvalue weighted by Gasteiger charge is 2.70. The fourth-order valence-electron chi connectivity index (χ4n) is 6.68. The molecule has 3 aromatic carbocycles. The SMILES string of the molecule is C[N+]1(C)[C@@H]2CC(OC(=O)Nc3cc(CCCC(=O)Nc4ccc(C=O)cc4Cl)ccc3-c3ccccc3)C[C@H]1[C@@H]1O[C@@H]12. The van der Waals surface area contributed by atoms with Crippen LogP contribution in [0.15, 0.2) is 66.7 Å². The van der Waals surface area contributed by atoms with E-state index in [2.05, 4.69) is 24.7 Å². The van der Waals surface area contributed by atoms with Crippen LogP contribution in [0.4, 0.5) is 16.2 Å². The number of epoxide rings is 1. The third-order valence-electron chi connectivity index (χ3n) is 8.99. The van der Waals surface area contributed by atoms with Gasteiger partial charge in [-0.15, -0.1) is 0 Å². The summed E-state index contributed by atoms with van der Waals surface area (Å²) in [6.45, 7) is 0. The number of hydrogen-bond donors (Lipinski definition) is 2. The first-order valence-electron chi connectivity index (χ1n) is 14.4. The Kier molecular flexibility index (Phi) is 7.79. The quantitative estimate of drug-likeness (QED) is 0.179. The van der Waals surface area contributed by atoms with Crippen molar-refractivity contribution in [1.82, 2.24) is 0 Å². The van der Waals surface area contributed by atoms with Crippen LogP contribution in [0, 0.1) is 0 Å². The first-order valence-corrected chi connectivity index (χ1v) is 14.8. The number of carbonyl (C=O) groups excluding carboxylic acids is 3. The van der Waals surface area contributed by atoms with Gasteiger partial charge in [0.25, 0.3) is 0 Å². The fraction of sp³-hybridized carbons (Fsp3) is 0.364. The van der Waals surface area contributed by atoms with Crippen molar-refractivity contribution in [2.75, 3.05) is 24.7 Å². The molecule has 1 unspecified atom stereocenters. The minimum absolute atomic E-state index is 0.132. The lowest BCUT2D eigenvalue weighted by atomic mass is 9.96. The summed E-state index contributed by atoms with van der Waals surface area (Å²) >= 11 is 6.18. The molecular formula is C33H35ClN3O5+. The number of halogens is 1. The molecule has 0 aromatic heterocycles. The highest BCUT2D eigenvalue weighted by molar-refractivity contribution is 6.34. The van der Waals surface area contributed by atoms with Gasteiger partial charge in [0.15, 0.2) is 0 Å². The molecule has 3 aliphatic rings. The number of carbonyl (C=O) groups is 3. The van der Waals surface area contributed by atoms with Crippen molar-refractivity contribution >= 4 is 41.3 Å². The van der Waals surface area contributed by atoms with E-state index < -0.39 is 6.09 Å². The second-order valence-corrected chi connectivity index (χ2v) is 12.4. The van der Waals surface area contributed by atoms with Crippen molar-refractivity contribution in [3.8, 4) is 11.1 Å². The Balaban J connectivity index is 1.09. The average Bonchev–Trinajstić information content (AvgIpc) is 3.73. The number of anilines is 2. The molecule has 6 rings (SSSR count). The molecule has 0 saturated carbocycles. The van der Waals surface area contributed by atoms with E-state index in [0.29, 0.717) is 71.8 Å². The van der Waals surface area contributed by atoms with Crippen LogP contribution in [0.2, 0.25) is 5.02 Å². The number of morpholine rings is 1. The number of rotatable bonds is 9. The van der Waals surface area contributed by atoms with Crippen molar-refractivity contribution in [3.05, 3.63) is 82.9 Å². The van der Waals surface area contributed by atoms with Gasteiger partial charge in [-0.1, -0.05) is 54.1 Å². The highest BCUT2D eigenvalue weighted by Crippen LogP contribution is 2.51. The van der Waals surface area contributed by atoms with E-state index in [9.17, 15) is 14.4 Å². The molecular weight excluding hydrogens is 554 g/mol. The van der Waals surface area contributed by atoms with Gasteiger partial charge >= 0.3 is 6.09 Å². The molecule has 5 atom stereocenters. The van der Waals surface area contributed by atoms with Gasteiger partial charge in [0, 0.05) is 30.4 Å². The predicted molar refractivity (Wildman–Crippen MR) is 162 cm³/mol. The van der Waals surface area contributed by atoms with Crippen molar-refractivity contribution < 1.29 is 28.3 Å². The van der Waals surface area contributed by atoms with Crippen LogP contribution < -0.4 is 10.6 Å². The Morgan fingerprint density at radius 2 is 1.71 bits per heavy atom. The number of nitrogens with one attached hydrogen (secondary N) is 2. The van der Waals surface area contributed by atoms with E-state index in [1.54, 1.807) is 12.1 Å². The zero-order valence-electron chi connectivity index (χ0n) is 23.7. The second-order valence-electron chi connectivity index (χ2n) is 12.0. The summed E-state index contributed by atoms with van der Waals surface area (Å²) < 4.78 is 12.8. The number of nitrogens with zero attached hydrogens (tertiary/aromatic N) is 1. The van der Waals surface area contributed by atoms with E-state index in [4.69, 9.17) is 21.1 Å². The summed E-state index contributed by atoms with van der Waals surface area (Å²) in [5, 5.41) is 6.15. The van der Waals surface area contributed by atoms with E-state index in [0.717, 1.165) is 34.0 Å². The second kappa shape index (κ2) is 11.5. The third-order valence-corrected chi connectivity index (χ3v) is 9.30. The van der Waals surface area contributed by atoms with Crippen LogP contribution >= 0.6 is 11.6 Å². The van der Waals surface area contributed by atoms with Crippen molar-refractivity contribution in [2.45, 2.75) is 62.5 Å². The number of likely N-dealkylation sites (N-methyl/N-ethyl adjacent to an activating group) is 1. The van der Waals surface area contributed by atoms with Crippen molar-refractivity contribution in [1.29, 1.82) is 0 Å². The number of amides is 2. The van der Waals surface area contributed by atoms with Gasteiger partial charge in [-0.2, -0.15) is 0 Å². The molecule has 218 valence electrons. The lowest BCUT2D eigenvalue weighted by Crippen LogP contribution is -2.60. The average molecular weight is 589 g/mol. The number of aryl methyl sites for hydroxylation is 1. The molecule has 0 spiro atoms. The molecule has 42 heavy (non-hydrogen) atoms. The maximum absolute atomic E-state index is 13.2. The lowest BCUT2D eigenvalue weighted by Gasteiger charge is -2.45. The van der Waals surface area contributed by atoms with E-state index in [1.807, 2.05) is 48.5 Å². The van der Waals surface area contributed by atoms with Gasteiger partial charge in [0.05, 0.1) is 30.5 Å². The molecule has 8 nitrogen and oxygen atoms in total. The molecule has 0 aliphatic carbocycles. The Bertz CT molecular complexity index is 1490. The Hall–Kier alpha value is -3.72. The molecule has 2 N–H and O–H groups in total. The highest BCUT2D eigenvalue weighted by atomic mass is 35.5. The predicted octanol–water partition coefficient (Wildman–Crippen LogP) is 6.09. The summed E-state index contributed by atoms with van der Waals surface area (Å²) in [4.78, 5) is 36.6. The van der Waals surface area contributed by atoms with Crippen LogP contribution in [-0.2, 0) is 20.7 Å². The van der Waals surface area contributed by atoms with E-state index >= 15 is 0 Å². The van der Waals surface area contributed by atoms with Gasteiger partial charge in [0.1, 0.15) is 36.7 Å². The largest absolute Gasteiger partial charge is 0.445 e. The van der Waals surface area contributed by atoms with Gasteiger partial charge < -0.3 is 19.3 Å². The molecule has 3 heterocycles. The molecule has 3 aromatic rings. The monoisotopic (exact) mass is 588 g/mol. The molecule has 3 aliphatic heterocycles. The molecule has 9 heteroatoms.